The molecule has 1 atom stereocenters. The molecule has 0 saturated carbocycles. The predicted octanol–water partition coefficient (Wildman–Crippen LogP) is 2.88. The van der Waals surface area contributed by atoms with Crippen LogP contribution >= 0.6 is 0 Å². The molecule has 0 spiro atoms. The average Bonchev–Trinajstić information content (AvgIpc) is 2.70. The summed E-state index contributed by atoms with van der Waals surface area (Å²) in [6.07, 6.45) is 0.468. The normalized spacial score (nSPS) is 16.3. The largest absolute Gasteiger partial charge is 0.496 e. The maximum atomic E-state index is 12.0. The number of hydrogen-bond acceptors (Lipinski definition) is 3. The van der Waals surface area contributed by atoms with Crippen LogP contribution in [0, 0.1) is 0 Å². The van der Waals surface area contributed by atoms with Crippen molar-refractivity contribution in [1.82, 2.24) is 10.6 Å². The Labute approximate surface area is 160 Å². The summed E-state index contributed by atoms with van der Waals surface area (Å²) >= 11 is 0. The van der Waals surface area contributed by atoms with Gasteiger partial charge >= 0.3 is 0 Å². The lowest BCUT2D eigenvalue weighted by molar-refractivity contribution is -0.116. The number of carbonyl (C=O) groups is 1. The number of benzene rings is 2. The van der Waals surface area contributed by atoms with E-state index < -0.39 is 0 Å². The number of aliphatic imine (C=N–C) groups is 1. The van der Waals surface area contributed by atoms with Crippen LogP contribution in [0.25, 0.3) is 0 Å². The summed E-state index contributed by atoms with van der Waals surface area (Å²) in [6.45, 7) is 3.95. The van der Waals surface area contributed by atoms with Crippen molar-refractivity contribution in [2.75, 3.05) is 25.5 Å². The van der Waals surface area contributed by atoms with Crippen molar-refractivity contribution in [2.24, 2.45) is 4.99 Å². The van der Waals surface area contributed by atoms with Gasteiger partial charge < -0.3 is 20.7 Å². The Kier molecular flexibility index (Phi) is 6.30. The number of nitrogens with zero attached hydrogens (tertiary/aromatic N) is 1. The van der Waals surface area contributed by atoms with E-state index in [9.17, 15) is 4.79 Å². The monoisotopic (exact) mass is 366 g/mol. The summed E-state index contributed by atoms with van der Waals surface area (Å²) in [4.78, 5) is 16.7. The smallest absolute Gasteiger partial charge is 0.225 e. The van der Waals surface area contributed by atoms with Gasteiger partial charge in [0.2, 0.25) is 5.91 Å². The fourth-order valence-electron chi connectivity index (χ4n) is 3.24. The summed E-state index contributed by atoms with van der Waals surface area (Å²) in [7, 11) is 1.66. The van der Waals surface area contributed by atoms with Gasteiger partial charge in [-0.1, -0.05) is 36.4 Å². The summed E-state index contributed by atoms with van der Waals surface area (Å²) < 4.78 is 5.39. The van der Waals surface area contributed by atoms with Crippen LogP contribution < -0.4 is 20.7 Å². The third-order valence-electron chi connectivity index (χ3n) is 4.57. The first-order chi connectivity index (χ1) is 13.2. The Balaban J connectivity index is 1.69. The highest BCUT2D eigenvalue weighted by molar-refractivity contribution is 5.94. The zero-order chi connectivity index (χ0) is 19.1. The molecular formula is C21H26N4O2. The van der Waals surface area contributed by atoms with E-state index in [1.807, 2.05) is 49.4 Å². The minimum Gasteiger partial charge on any atom is -0.496 e. The van der Waals surface area contributed by atoms with E-state index in [-0.39, 0.29) is 11.8 Å². The molecule has 6 heteroatoms. The molecule has 0 aromatic heterocycles. The standard InChI is InChI=1S/C21H26N4O2/c1-3-22-21(23-13-15-8-4-7-11-19(15)27-2)24-14-16-12-20(26)25-18-10-6-5-9-17(16)18/h4-11,16H,3,12-14H2,1-2H3,(H,25,26)(H2,22,23,24). The molecular weight excluding hydrogens is 340 g/mol. The molecule has 3 N–H and O–H groups in total. The van der Waals surface area contributed by atoms with Crippen LogP contribution in [-0.2, 0) is 11.3 Å². The van der Waals surface area contributed by atoms with E-state index in [2.05, 4.69) is 27.0 Å². The highest BCUT2D eigenvalue weighted by Crippen LogP contribution is 2.31. The molecule has 27 heavy (non-hydrogen) atoms. The lowest BCUT2D eigenvalue weighted by Crippen LogP contribution is -2.40. The molecule has 0 aliphatic carbocycles. The Hall–Kier alpha value is -3.02. The highest BCUT2D eigenvalue weighted by Gasteiger charge is 2.24. The van der Waals surface area contributed by atoms with Crippen molar-refractivity contribution in [3.05, 3.63) is 59.7 Å². The molecule has 2 aromatic carbocycles. The van der Waals surface area contributed by atoms with Crippen LogP contribution in [0.1, 0.15) is 30.4 Å². The minimum absolute atomic E-state index is 0.0523. The Morgan fingerprint density at radius 3 is 2.78 bits per heavy atom. The lowest BCUT2D eigenvalue weighted by Gasteiger charge is -2.26. The lowest BCUT2D eigenvalue weighted by atomic mass is 9.90. The number of para-hydroxylation sites is 2. The number of amides is 1. The van der Waals surface area contributed by atoms with E-state index >= 15 is 0 Å². The first-order valence-corrected chi connectivity index (χ1v) is 9.24. The number of carbonyl (C=O) groups excluding carboxylic acids is 1. The van der Waals surface area contributed by atoms with Crippen LogP contribution in [0.2, 0.25) is 0 Å². The molecule has 1 aliphatic heterocycles. The quantitative estimate of drug-likeness (QED) is 0.543. The third-order valence-corrected chi connectivity index (χ3v) is 4.57. The molecule has 1 aliphatic rings. The van der Waals surface area contributed by atoms with E-state index in [1.165, 1.54) is 0 Å². The molecule has 6 nitrogen and oxygen atoms in total. The molecule has 3 rings (SSSR count). The van der Waals surface area contributed by atoms with Gasteiger partial charge in [0.25, 0.3) is 0 Å². The Morgan fingerprint density at radius 2 is 1.96 bits per heavy atom. The molecule has 0 saturated heterocycles. The van der Waals surface area contributed by atoms with Crippen LogP contribution in [-0.4, -0.2) is 32.1 Å². The molecule has 1 heterocycles. The van der Waals surface area contributed by atoms with Crippen molar-refractivity contribution in [3.63, 3.8) is 0 Å². The minimum atomic E-state index is 0.0523. The number of guanidine groups is 1. The first-order valence-electron chi connectivity index (χ1n) is 9.24. The maximum absolute atomic E-state index is 12.0. The zero-order valence-corrected chi connectivity index (χ0v) is 15.8. The van der Waals surface area contributed by atoms with Gasteiger partial charge in [-0.25, -0.2) is 4.99 Å². The topological polar surface area (TPSA) is 74.8 Å². The second kappa shape index (κ2) is 9.07. The Morgan fingerprint density at radius 1 is 1.19 bits per heavy atom. The summed E-state index contributed by atoms with van der Waals surface area (Å²) in [5.41, 5.74) is 3.08. The van der Waals surface area contributed by atoms with Gasteiger partial charge in [0.15, 0.2) is 5.96 Å². The van der Waals surface area contributed by atoms with Gasteiger partial charge in [-0.05, 0) is 24.6 Å². The SMILES string of the molecule is CCNC(=NCc1ccccc1OC)NCC1CC(=O)Nc2ccccc21. The van der Waals surface area contributed by atoms with Crippen molar-refractivity contribution in [1.29, 1.82) is 0 Å². The molecule has 0 radical (unpaired) electrons. The van der Waals surface area contributed by atoms with Crippen LogP contribution in [0.15, 0.2) is 53.5 Å². The van der Waals surface area contributed by atoms with E-state index in [4.69, 9.17) is 4.74 Å². The first kappa shape index (κ1) is 18.8. The van der Waals surface area contributed by atoms with Crippen molar-refractivity contribution >= 4 is 17.6 Å². The predicted molar refractivity (Wildman–Crippen MR) is 108 cm³/mol. The fourth-order valence-corrected chi connectivity index (χ4v) is 3.24. The second-order valence-electron chi connectivity index (χ2n) is 6.42. The number of fused-ring (bicyclic) bond motifs is 1. The number of nitrogens with one attached hydrogen (secondary N) is 3. The van der Waals surface area contributed by atoms with E-state index in [0.717, 1.165) is 35.1 Å². The van der Waals surface area contributed by atoms with Crippen LogP contribution in [0.4, 0.5) is 5.69 Å². The molecule has 0 bridgehead atoms. The van der Waals surface area contributed by atoms with Gasteiger partial charge in [-0.15, -0.1) is 0 Å². The van der Waals surface area contributed by atoms with Crippen LogP contribution in [0.3, 0.4) is 0 Å². The number of rotatable bonds is 6. The van der Waals surface area contributed by atoms with Crippen molar-refractivity contribution in [3.8, 4) is 5.75 Å². The van der Waals surface area contributed by atoms with Gasteiger partial charge in [0.1, 0.15) is 5.75 Å². The average molecular weight is 366 g/mol. The van der Waals surface area contributed by atoms with Crippen LogP contribution in [0.5, 0.6) is 5.75 Å². The maximum Gasteiger partial charge on any atom is 0.225 e. The van der Waals surface area contributed by atoms with E-state index in [1.54, 1.807) is 7.11 Å². The summed E-state index contributed by atoms with van der Waals surface area (Å²) in [5, 5.41) is 9.58. The molecule has 142 valence electrons. The van der Waals surface area contributed by atoms with Gasteiger partial charge in [-0.3, -0.25) is 4.79 Å². The zero-order valence-electron chi connectivity index (χ0n) is 15.8. The molecule has 1 amide bonds. The Bertz CT molecular complexity index is 819. The van der Waals surface area contributed by atoms with E-state index in [0.29, 0.717) is 19.5 Å². The third kappa shape index (κ3) is 4.78. The fraction of sp³-hybridized carbons (Fsp3) is 0.333. The highest BCUT2D eigenvalue weighted by atomic mass is 16.5. The van der Waals surface area contributed by atoms with Gasteiger partial charge in [0.05, 0.1) is 13.7 Å². The van der Waals surface area contributed by atoms with Gasteiger partial charge in [-0.2, -0.15) is 0 Å². The van der Waals surface area contributed by atoms with Gasteiger partial charge in [0, 0.05) is 36.7 Å². The van der Waals surface area contributed by atoms with Crippen molar-refractivity contribution < 1.29 is 9.53 Å². The summed E-state index contributed by atoms with van der Waals surface area (Å²) in [5.74, 6) is 1.73. The molecule has 0 fully saturated rings. The molecule has 2 aromatic rings. The number of ether oxygens (including phenoxy) is 1. The number of hydrogen-bond donors (Lipinski definition) is 3. The second-order valence-corrected chi connectivity index (χ2v) is 6.42. The summed E-state index contributed by atoms with van der Waals surface area (Å²) in [6, 6.07) is 15.8. The molecule has 1 unspecified atom stereocenters. The van der Waals surface area contributed by atoms with Crippen molar-refractivity contribution in [2.45, 2.75) is 25.8 Å². The number of anilines is 1. The number of methoxy groups -OCH3 is 1.